The van der Waals surface area contributed by atoms with Crippen molar-refractivity contribution in [1.29, 1.82) is 0 Å². The number of aryl methyl sites for hydroxylation is 2. The maximum absolute atomic E-state index is 13.5. The summed E-state index contributed by atoms with van der Waals surface area (Å²) in [5.41, 5.74) is 3.96. The Bertz CT molecular complexity index is 1210. The number of hydrogen-bond acceptors (Lipinski definition) is 3. The van der Waals surface area contributed by atoms with Crippen molar-refractivity contribution in [2.24, 2.45) is 0 Å². The lowest BCUT2D eigenvalue weighted by Crippen LogP contribution is -2.46. The molecule has 1 fully saturated rings. The number of halogens is 1. The molecule has 1 unspecified atom stereocenters. The van der Waals surface area contributed by atoms with E-state index in [1.54, 1.807) is 30.3 Å². The molecule has 168 valence electrons. The molecule has 33 heavy (non-hydrogen) atoms. The molecule has 1 saturated heterocycles. The van der Waals surface area contributed by atoms with Crippen LogP contribution in [0.15, 0.2) is 72.8 Å². The molecule has 3 amide bonds. The number of benzene rings is 3. The van der Waals surface area contributed by atoms with Crippen molar-refractivity contribution in [1.82, 2.24) is 4.90 Å². The Labute approximate surface area is 198 Å². The number of nitrogens with zero attached hydrogens (tertiary/aromatic N) is 2. The summed E-state index contributed by atoms with van der Waals surface area (Å²) in [6.07, 6.45) is 0.473. The molecule has 1 atom stereocenters. The summed E-state index contributed by atoms with van der Waals surface area (Å²) in [7, 11) is 0. The monoisotopic (exact) mass is 460 g/mol. The Morgan fingerprint density at radius 2 is 1.70 bits per heavy atom. The van der Waals surface area contributed by atoms with Crippen molar-refractivity contribution in [3.05, 3.63) is 100 Å². The first-order valence-electron chi connectivity index (χ1n) is 10.9. The van der Waals surface area contributed by atoms with Gasteiger partial charge in [0.15, 0.2) is 0 Å². The lowest BCUT2D eigenvalue weighted by Gasteiger charge is -2.28. The summed E-state index contributed by atoms with van der Waals surface area (Å²) in [5, 5.41) is 0.613. The van der Waals surface area contributed by atoms with Crippen LogP contribution in [0.25, 0.3) is 0 Å². The van der Waals surface area contributed by atoms with E-state index in [9.17, 15) is 14.4 Å². The standard InChI is InChI=1S/C27H25ClN2O3/c1-18-9-11-23(12-10-18)30-25(31)17-24(27(30)33)29(14-13-20-6-4-8-22(28)16-20)26(32)21-7-3-5-19(2)15-21/h3-12,15-16,24H,13-14,17H2,1-2H3. The average Bonchev–Trinajstić information content (AvgIpc) is 3.08. The third-order valence-corrected chi connectivity index (χ3v) is 6.08. The summed E-state index contributed by atoms with van der Waals surface area (Å²) in [4.78, 5) is 42.5. The third-order valence-electron chi connectivity index (χ3n) is 5.85. The van der Waals surface area contributed by atoms with Crippen LogP contribution in [0.2, 0.25) is 5.02 Å². The van der Waals surface area contributed by atoms with E-state index in [1.807, 2.05) is 56.3 Å². The van der Waals surface area contributed by atoms with Crippen LogP contribution in [-0.4, -0.2) is 35.2 Å². The van der Waals surface area contributed by atoms with Gasteiger partial charge in [0.2, 0.25) is 5.91 Å². The molecule has 0 aliphatic carbocycles. The third kappa shape index (κ3) is 4.99. The van der Waals surface area contributed by atoms with Gasteiger partial charge in [0.05, 0.1) is 12.1 Å². The summed E-state index contributed by atoms with van der Waals surface area (Å²) >= 11 is 6.12. The first kappa shape index (κ1) is 22.7. The quantitative estimate of drug-likeness (QED) is 0.488. The topological polar surface area (TPSA) is 57.7 Å². The SMILES string of the molecule is Cc1ccc(N2C(=O)CC(N(CCc3cccc(Cl)c3)C(=O)c3cccc(C)c3)C2=O)cc1. The summed E-state index contributed by atoms with van der Waals surface area (Å²) in [5.74, 6) is -0.952. The molecule has 3 aromatic rings. The molecular formula is C27H25ClN2O3. The number of amides is 3. The van der Waals surface area contributed by atoms with E-state index in [4.69, 9.17) is 11.6 Å². The second kappa shape index (κ2) is 9.59. The van der Waals surface area contributed by atoms with Crippen LogP contribution in [0.5, 0.6) is 0 Å². The van der Waals surface area contributed by atoms with E-state index in [1.165, 1.54) is 9.80 Å². The zero-order chi connectivity index (χ0) is 23.5. The van der Waals surface area contributed by atoms with Gasteiger partial charge in [0, 0.05) is 17.1 Å². The largest absolute Gasteiger partial charge is 0.326 e. The van der Waals surface area contributed by atoms with Crippen molar-refractivity contribution in [3.63, 3.8) is 0 Å². The number of rotatable bonds is 6. The van der Waals surface area contributed by atoms with Crippen molar-refractivity contribution in [2.45, 2.75) is 32.7 Å². The Balaban J connectivity index is 1.64. The number of hydrogen-bond donors (Lipinski definition) is 0. The minimum atomic E-state index is -0.856. The second-order valence-electron chi connectivity index (χ2n) is 8.37. The Hall–Kier alpha value is -3.44. The lowest BCUT2D eigenvalue weighted by molar-refractivity contribution is -0.122. The van der Waals surface area contributed by atoms with Crippen LogP contribution in [-0.2, 0) is 16.0 Å². The van der Waals surface area contributed by atoms with Gasteiger partial charge in [-0.1, -0.05) is 59.1 Å². The van der Waals surface area contributed by atoms with Crippen LogP contribution >= 0.6 is 11.6 Å². The van der Waals surface area contributed by atoms with E-state index < -0.39 is 6.04 Å². The van der Waals surface area contributed by atoms with Crippen LogP contribution < -0.4 is 4.90 Å². The van der Waals surface area contributed by atoms with Crippen LogP contribution in [0, 0.1) is 13.8 Å². The molecule has 0 radical (unpaired) electrons. The molecule has 0 bridgehead atoms. The smallest absolute Gasteiger partial charge is 0.257 e. The van der Waals surface area contributed by atoms with E-state index in [0.29, 0.717) is 29.2 Å². The van der Waals surface area contributed by atoms with E-state index in [-0.39, 0.29) is 24.1 Å². The highest BCUT2D eigenvalue weighted by atomic mass is 35.5. The average molecular weight is 461 g/mol. The van der Waals surface area contributed by atoms with Crippen molar-refractivity contribution >= 4 is 35.0 Å². The van der Waals surface area contributed by atoms with Crippen molar-refractivity contribution < 1.29 is 14.4 Å². The van der Waals surface area contributed by atoms with Gasteiger partial charge in [-0.2, -0.15) is 0 Å². The maximum Gasteiger partial charge on any atom is 0.257 e. The number of anilines is 1. The highest BCUT2D eigenvalue weighted by Gasteiger charge is 2.44. The maximum atomic E-state index is 13.5. The molecule has 6 heteroatoms. The van der Waals surface area contributed by atoms with Gasteiger partial charge in [0.1, 0.15) is 6.04 Å². The zero-order valence-electron chi connectivity index (χ0n) is 18.6. The van der Waals surface area contributed by atoms with Gasteiger partial charge in [-0.05, 0) is 62.2 Å². The molecule has 1 aliphatic rings. The summed E-state index contributed by atoms with van der Waals surface area (Å²) in [6, 6.07) is 21.1. The Morgan fingerprint density at radius 1 is 0.970 bits per heavy atom. The lowest BCUT2D eigenvalue weighted by atomic mass is 10.1. The predicted octanol–water partition coefficient (Wildman–Crippen LogP) is 4.97. The highest BCUT2D eigenvalue weighted by Crippen LogP contribution is 2.27. The molecular weight excluding hydrogens is 436 g/mol. The predicted molar refractivity (Wildman–Crippen MR) is 129 cm³/mol. The fourth-order valence-corrected chi connectivity index (χ4v) is 4.32. The van der Waals surface area contributed by atoms with Crippen LogP contribution in [0.3, 0.4) is 0 Å². The highest BCUT2D eigenvalue weighted by molar-refractivity contribution is 6.30. The van der Waals surface area contributed by atoms with Gasteiger partial charge < -0.3 is 4.90 Å². The van der Waals surface area contributed by atoms with Crippen molar-refractivity contribution in [3.8, 4) is 0 Å². The summed E-state index contributed by atoms with van der Waals surface area (Å²) in [6.45, 7) is 4.15. The summed E-state index contributed by atoms with van der Waals surface area (Å²) < 4.78 is 0. The van der Waals surface area contributed by atoms with Gasteiger partial charge in [-0.25, -0.2) is 4.90 Å². The van der Waals surface area contributed by atoms with E-state index in [0.717, 1.165) is 16.7 Å². The molecule has 0 saturated carbocycles. The van der Waals surface area contributed by atoms with Crippen LogP contribution in [0.1, 0.15) is 33.5 Å². The Morgan fingerprint density at radius 3 is 2.39 bits per heavy atom. The molecule has 1 heterocycles. The molecule has 3 aromatic carbocycles. The second-order valence-corrected chi connectivity index (χ2v) is 8.81. The molecule has 5 nitrogen and oxygen atoms in total. The van der Waals surface area contributed by atoms with E-state index in [2.05, 4.69) is 0 Å². The number of carbonyl (C=O) groups is 3. The Kier molecular flexibility index (Phi) is 6.61. The molecule has 1 aliphatic heterocycles. The van der Waals surface area contributed by atoms with Crippen LogP contribution in [0.4, 0.5) is 5.69 Å². The first-order valence-corrected chi connectivity index (χ1v) is 11.3. The first-order chi connectivity index (χ1) is 15.8. The molecule has 0 spiro atoms. The molecule has 0 N–H and O–H groups in total. The molecule has 0 aromatic heterocycles. The molecule has 4 rings (SSSR count). The van der Waals surface area contributed by atoms with Gasteiger partial charge in [-0.15, -0.1) is 0 Å². The number of imide groups is 1. The van der Waals surface area contributed by atoms with E-state index >= 15 is 0 Å². The fourth-order valence-electron chi connectivity index (χ4n) is 4.11. The minimum Gasteiger partial charge on any atom is -0.326 e. The normalized spacial score (nSPS) is 15.7. The minimum absolute atomic E-state index is 0.0419. The number of carbonyl (C=O) groups excluding carboxylic acids is 3. The van der Waals surface area contributed by atoms with Gasteiger partial charge in [0.25, 0.3) is 11.8 Å². The van der Waals surface area contributed by atoms with Gasteiger partial charge in [-0.3, -0.25) is 14.4 Å². The fraction of sp³-hybridized carbons (Fsp3) is 0.222. The van der Waals surface area contributed by atoms with Crippen molar-refractivity contribution in [2.75, 3.05) is 11.4 Å². The van der Waals surface area contributed by atoms with Gasteiger partial charge >= 0.3 is 0 Å². The zero-order valence-corrected chi connectivity index (χ0v) is 19.4.